The van der Waals surface area contributed by atoms with Crippen molar-refractivity contribution in [3.63, 3.8) is 0 Å². The third-order valence-corrected chi connectivity index (χ3v) is 3.34. The van der Waals surface area contributed by atoms with E-state index in [1.54, 1.807) is 6.26 Å². The number of hydrogen-bond donors (Lipinski definition) is 0. The fourth-order valence-corrected chi connectivity index (χ4v) is 2.21. The van der Waals surface area contributed by atoms with Crippen molar-refractivity contribution in [2.24, 2.45) is 5.41 Å². The Kier molecular flexibility index (Phi) is 3.76. The minimum absolute atomic E-state index is 0.160. The lowest BCUT2D eigenvalue weighted by molar-refractivity contribution is -0.152. The summed E-state index contributed by atoms with van der Waals surface area (Å²) < 4.78 is 10.2. The molecule has 0 aliphatic heterocycles. The van der Waals surface area contributed by atoms with Gasteiger partial charge < -0.3 is 9.15 Å². The highest BCUT2D eigenvalue weighted by atomic mass is 16.5. The Morgan fingerprint density at radius 1 is 1.56 bits per heavy atom. The average Bonchev–Trinajstić information content (AvgIpc) is 3.06. The number of carbonyl (C=O) groups excluding carboxylic acids is 1. The molecule has 0 N–H and O–H groups in total. The lowest BCUT2D eigenvalue weighted by atomic mass is 9.92. The van der Waals surface area contributed by atoms with Gasteiger partial charge in [0.25, 0.3) is 0 Å². The second-order valence-corrected chi connectivity index (χ2v) is 5.59. The van der Waals surface area contributed by atoms with Crippen LogP contribution in [0, 0.1) is 5.41 Å². The third-order valence-electron chi connectivity index (χ3n) is 3.34. The van der Waals surface area contributed by atoms with Crippen molar-refractivity contribution in [1.29, 1.82) is 0 Å². The summed E-state index contributed by atoms with van der Waals surface area (Å²) in [7, 11) is 1.44. The van der Waals surface area contributed by atoms with E-state index in [1.807, 2.05) is 26.0 Å². The molecule has 1 saturated carbocycles. The van der Waals surface area contributed by atoms with Gasteiger partial charge in [-0.3, -0.25) is 9.69 Å². The Hall–Kier alpha value is -1.29. The minimum atomic E-state index is -0.482. The molecule has 2 rings (SSSR count). The van der Waals surface area contributed by atoms with E-state index in [-0.39, 0.29) is 5.97 Å². The SMILES string of the molecule is COC(=O)C(C)(C)CN(Cc1ccco1)C1CC1. The van der Waals surface area contributed by atoms with Crippen molar-refractivity contribution in [1.82, 2.24) is 4.90 Å². The van der Waals surface area contributed by atoms with Crippen molar-refractivity contribution >= 4 is 5.97 Å². The van der Waals surface area contributed by atoms with Crippen LogP contribution in [-0.2, 0) is 16.1 Å². The van der Waals surface area contributed by atoms with Crippen LogP contribution in [0.3, 0.4) is 0 Å². The fourth-order valence-electron chi connectivity index (χ4n) is 2.21. The molecule has 18 heavy (non-hydrogen) atoms. The summed E-state index contributed by atoms with van der Waals surface area (Å²) in [6.07, 6.45) is 4.10. The number of hydrogen-bond acceptors (Lipinski definition) is 4. The lowest BCUT2D eigenvalue weighted by Gasteiger charge is -2.30. The van der Waals surface area contributed by atoms with Gasteiger partial charge >= 0.3 is 5.97 Å². The van der Waals surface area contributed by atoms with Crippen LogP contribution in [0.4, 0.5) is 0 Å². The lowest BCUT2D eigenvalue weighted by Crippen LogP contribution is -2.40. The molecular weight excluding hydrogens is 230 g/mol. The summed E-state index contributed by atoms with van der Waals surface area (Å²) >= 11 is 0. The van der Waals surface area contributed by atoms with Gasteiger partial charge in [-0.1, -0.05) is 0 Å². The predicted molar refractivity (Wildman–Crippen MR) is 67.9 cm³/mol. The van der Waals surface area contributed by atoms with Crippen LogP contribution >= 0.6 is 0 Å². The van der Waals surface area contributed by atoms with Crippen LogP contribution < -0.4 is 0 Å². The predicted octanol–water partition coefficient (Wildman–Crippen LogP) is 2.44. The molecule has 0 bridgehead atoms. The molecule has 4 nitrogen and oxygen atoms in total. The van der Waals surface area contributed by atoms with Gasteiger partial charge in [-0.2, -0.15) is 0 Å². The standard InChI is InChI=1S/C14H21NO3/c1-14(2,13(16)17-3)10-15(11-6-7-11)9-12-5-4-8-18-12/h4-5,8,11H,6-7,9-10H2,1-3H3. The molecule has 1 aromatic heterocycles. The Morgan fingerprint density at radius 3 is 2.78 bits per heavy atom. The number of carbonyl (C=O) groups is 1. The van der Waals surface area contributed by atoms with Crippen LogP contribution in [0.1, 0.15) is 32.4 Å². The zero-order valence-electron chi connectivity index (χ0n) is 11.3. The molecule has 0 saturated heterocycles. The smallest absolute Gasteiger partial charge is 0.312 e. The third kappa shape index (κ3) is 3.13. The number of methoxy groups -OCH3 is 1. The van der Waals surface area contributed by atoms with Crippen molar-refractivity contribution in [2.75, 3.05) is 13.7 Å². The maximum absolute atomic E-state index is 11.7. The molecule has 1 heterocycles. The van der Waals surface area contributed by atoms with Gasteiger partial charge in [0.1, 0.15) is 5.76 Å². The van der Waals surface area contributed by atoms with Gasteiger partial charge in [-0.05, 0) is 38.8 Å². The number of esters is 1. The van der Waals surface area contributed by atoms with Crippen molar-refractivity contribution in [3.05, 3.63) is 24.2 Å². The van der Waals surface area contributed by atoms with Crippen molar-refractivity contribution < 1.29 is 13.9 Å². The van der Waals surface area contributed by atoms with Crippen LogP contribution in [0.2, 0.25) is 0 Å². The van der Waals surface area contributed by atoms with Gasteiger partial charge in [0.05, 0.1) is 25.3 Å². The quantitative estimate of drug-likeness (QED) is 0.728. The van der Waals surface area contributed by atoms with Crippen molar-refractivity contribution in [3.8, 4) is 0 Å². The van der Waals surface area contributed by atoms with Gasteiger partial charge in [-0.25, -0.2) is 0 Å². The number of rotatable bonds is 6. The van der Waals surface area contributed by atoms with E-state index in [9.17, 15) is 4.79 Å². The molecule has 0 radical (unpaired) electrons. The second kappa shape index (κ2) is 5.14. The average molecular weight is 251 g/mol. The van der Waals surface area contributed by atoms with E-state index in [1.165, 1.54) is 20.0 Å². The molecule has 4 heteroatoms. The van der Waals surface area contributed by atoms with E-state index < -0.39 is 5.41 Å². The minimum Gasteiger partial charge on any atom is -0.469 e. The Labute approximate surface area is 108 Å². The number of nitrogens with zero attached hydrogens (tertiary/aromatic N) is 1. The molecular formula is C14H21NO3. The number of furan rings is 1. The topological polar surface area (TPSA) is 42.7 Å². The largest absolute Gasteiger partial charge is 0.469 e. The highest BCUT2D eigenvalue weighted by Crippen LogP contribution is 2.32. The molecule has 100 valence electrons. The summed E-state index contributed by atoms with van der Waals surface area (Å²) in [6.45, 7) is 5.32. The zero-order valence-corrected chi connectivity index (χ0v) is 11.3. The summed E-state index contributed by atoms with van der Waals surface area (Å²) in [5.41, 5.74) is -0.482. The van der Waals surface area contributed by atoms with Gasteiger partial charge in [0.15, 0.2) is 0 Å². The first kappa shape index (κ1) is 13.1. The first-order valence-electron chi connectivity index (χ1n) is 6.38. The van der Waals surface area contributed by atoms with E-state index in [0.717, 1.165) is 12.3 Å². The van der Waals surface area contributed by atoms with Crippen LogP contribution in [0.15, 0.2) is 22.8 Å². The Bertz CT molecular complexity index is 393. The normalized spacial score (nSPS) is 16.0. The monoisotopic (exact) mass is 251 g/mol. The molecule has 0 spiro atoms. The van der Waals surface area contributed by atoms with Crippen molar-refractivity contribution in [2.45, 2.75) is 39.3 Å². The Morgan fingerprint density at radius 2 is 2.28 bits per heavy atom. The Balaban J connectivity index is 2.00. The van der Waals surface area contributed by atoms with Crippen LogP contribution in [0.5, 0.6) is 0 Å². The van der Waals surface area contributed by atoms with Gasteiger partial charge in [0, 0.05) is 12.6 Å². The highest BCUT2D eigenvalue weighted by molar-refractivity contribution is 5.76. The summed E-state index contributed by atoms with van der Waals surface area (Å²) in [6, 6.07) is 4.45. The maximum atomic E-state index is 11.7. The molecule has 0 unspecified atom stereocenters. The summed E-state index contributed by atoms with van der Waals surface area (Å²) in [5.74, 6) is 0.787. The maximum Gasteiger partial charge on any atom is 0.312 e. The van der Waals surface area contributed by atoms with E-state index >= 15 is 0 Å². The molecule has 0 atom stereocenters. The second-order valence-electron chi connectivity index (χ2n) is 5.59. The van der Waals surface area contributed by atoms with E-state index in [2.05, 4.69) is 4.90 Å². The van der Waals surface area contributed by atoms with Gasteiger partial charge in [0.2, 0.25) is 0 Å². The van der Waals surface area contributed by atoms with Gasteiger partial charge in [-0.15, -0.1) is 0 Å². The van der Waals surface area contributed by atoms with Crippen LogP contribution in [-0.4, -0.2) is 30.6 Å². The van der Waals surface area contributed by atoms with E-state index in [0.29, 0.717) is 12.6 Å². The first-order chi connectivity index (χ1) is 8.53. The molecule has 0 amide bonds. The molecule has 1 aliphatic rings. The molecule has 0 aromatic carbocycles. The molecule has 1 aliphatic carbocycles. The number of ether oxygens (including phenoxy) is 1. The zero-order chi connectivity index (χ0) is 13.2. The summed E-state index contributed by atoms with van der Waals surface area (Å²) in [4.78, 5) is 14.1. The van der Waals surface area contributed by atoms with Crippen LogP contribution in [0.25, 0.3) is 0 Å². The first-order valence-corrected chi connectivity index (χ1v) is 6.38. The molecule has 1 aromatic rings. The molecule has 1 fully saturated rings. The highest BCUT2D eigenvalue weighted by Gasteiger charge is 2.37. The van der Waals surface area contributed by atoms with E-state index in [4.69, 9.17) is 9.15 Å². The fraction of sp³-hybridized carbons (Fsp3) is 0.643. The summed E-state index contributed by atoms with van der Waals surface area (Å²) in [5, 5.41) is 0.